The summed E-state index contributed by atoms with van der Waals surface area (Å²) in [4.78, 5) is 2.39. The molecule has 0 aliphatic carbocycles. The maximum atomic E-state index is 5.86. The summed E-state index contributed by atoms with van der Waals surface area (Å²) in [5.74, 6) is 1.22. The summed E-state index contributed by atoms with van der Waals surface area (Å²) in [6.07, 6.45) is 1.10. The fourth-order valence-electron chi connectivity index (χ4n) is 2.50. The molecule has 0 spiro atoms. The van der Waals surface area contributed by atoms with E-state index in [4.69, 9.17) is 5.73 Å². The predicted molar refractivity (Wildman–Crippen MR) is 84.5 cm³/mol. The number of nitrogens with zero attached hydrogens (tertiary/aromatic N) is 1. The monoisotopic (exact) mass is 262 g/mol. The molecule has 0 heterocycles. The topological polar surface area (TPSA) is 29.3 Å². The number of hydrogen-bond acceptors (Lipinski definition) is 2. The van der Waals surface area contributed by atoms with Crippen molar-refractivity contribution in [3.8, 4) is 0 Å². The molecule has 2 heteroatoms. The fraction of sp³-hybridized carbons (Fsp3) is 0.647. The zero-order chi connectivity index (χ0) is 14.4. The van der Waals surface area contributed by atoms with E-state index in [1.54, 1.807) is 0 Å². The van der Waals surface area contributed by atoms with Crippen molar-refractivity contribution in [2.45, 2.75) is 46.1 Å². The van der Waals surface area contributed by atoms with Crippen LogP contribution >= 0.6 is 0 Å². The molecule has 2 N–H and O–H groups in total. The van der Waals surface area contributed by atoms with Gasteiger partial charge in [-0.3, -0.25) is 0 Å². The second-order valence-corrected chi connectivity index (χ2v) is 6.17. The Kier molecular flexibility index (Phi) is 6.53. The molecule has 0 saturated heterocycles. The molecule has 1 rings (SSSR count). The molecule has 0 aromatic heterocycles. The van der Waals surface area contributed by atoms with E-state index < -0.39 is 0 Å². The highest BCUT2D eigenvalue weighted by atomic mass is 15.1. The van der Waals surface area contributed by atoms with Crippen LogP contribution in [0.2, 0.25) is 0 Å². The average molecular weight is 262 g/mol. The molecule has 0 aliphatic heterocycles. The summed E-state index contributed by atoms with van der Waals surface area (Å²) < 4.78 is 0. The van der Waals surface area contributed by atoms with Gasteiger partial charge < -0.3 is 10.6 Å². The van der Waals surface area contributed by atoms with E-state index in [1.165, 1.54) is 11.1 Å². The normalized spacial score (nSPS) is 13.5. The molecule has 1 aromatic carbocycles. The van der Waals surface area contributed by atoms with Gasteiger partial charge in [0.2, 0.25) is 0 Å². The van der Waals surface area contributed by atoms with Crippen molar-refractivity contribution in [3.63, 3.8) is 0 Å². The highest BCUT2D eigenvalue weighted by molar-refractivity contribution is 5.24. The maximum absolute atomic E-state index is 5.86. The molecule has 0 radical (unpaired) electrons. The van der Waals surface area contributed by atoms with Crippen LogP contribution in [0, 0.1) is 5.92 Å². The largest absolute Gasteiger partial charge is 0.329 e. The molecular formula is C17H30N2. The molecule has 0 amide bonds. The standard InChI is InChI=1S/C17H30N2/c1-13(2)16-8-6-15(7-9-16)10-11-19(5)17(12-18)14(3)4/h6-9,13-14,17H,10-12,18H2,1-5H3. The molecule has 0 aliphatic rings. The first-order valence-corrected chi connectivity index (χ1v) is 7.44. The Bertz CT molecular complexity index is 354. The Morgan fingerprint density at radius 3 is 2.05 bits per heavy atom. The maximum Gasteiger partial charge on any atom is 0.0238 e. The lowest BCUT2D eigenvalue weighted by atomic mass is 10.00. The number of hydrogen-bond donors (Lipinski definition) is 1. The van der Waals surface area contributed by atoms with Gasteiger partial charge in [0.1, 0.15) is 0 Å². The fourth-order valence-corrected chi connectivity index (χ4v) is 2.50. The smallest absolute Gasteiger partial charge is 0.0238 e. The quantitative estimate of drug-likeness (QED) is 0.817. The Hall–Kier alpha value is -0.860. The van der Waals surface area contributed by atoms with Crippen molar-refractivity contribution in [3.05, 3.63) is 35.4 Å². The van der Waals surface area contributed by atoms with E-state index in [1.807, 2.05) is 0 Å². The van der Waals surface area contributed by atoms with Crippen LogP contribution < -0.4 is 5.73 Å². The molecule has 108 valence electrons. The second kappa shape index (κ2) is 7.66. The van der Waals surface area contributed by atoms with Gasteiger partial charge in [0.05, 0.1) is 0 Å². The third kappa shape index (κ3) is 4.96. The van der Waals surface area contributed by atoms with Crippen LogP contribution in [0.1, 0.15) is 44.7 Å². The van der Waals surface area contributed by atoms with Crippen molar-refractivity contribution in [1.29, 1.82) is 0 Å². The van der Waals surface area contributed by atoms with Crippen molar-refractivity contribution in [1.82, 2.24) is 4.90 Å². The van der Waals surface area contributed by atoms with Crippen LogP contribution in [-0.4, -0.2) is 31.1 Å². The first kappa shape index (κ1) is 16.2. The summed E-state index contributed by atoms with van der Waals surface area (Å²) in [7, 11) is 2.18. The number of likely N-dealkylation sites (N-methyl/N-ethyl adjacent to an activating group) is 1. The Labute approximate surface area is 119 Å². The first-order chi connectivity index (χ1) is 8.95. The molecular weight excluding hydrogens is 232 g/mol. The highest BCUT2D eigenvalue weighted by Crippen LogP contribution is 2.15. The van der Waals surface area contributed by atoms with Gasteiger partial charge in [-0.2, -0.15) is 0 Å². The van der Waals surface area contributed by atoms with Crippen LogP contribution in [0.5, 0.6) is 0 Å². The van der Waals surface area contributed by atoms with Crippen LogP contribution in [0.3, 0.4) is 0 Å². The third-order valence-corrected chi connectivity index (χ3v) is 3.98. The van der Waals surface area contributed by atoms with E-state index in [0.29, 0.717) is 17.9 Å². The summed E-state index contributed by atoms with van der Waals surface area (Å²) in [6.45, 7) is 10.8. The van der Waals surface area contributed by atoms with Crippen LogP contribution in [0.25, 0.3) is 0 Å². The minimum atomic E-state index is 0.481. The molecule has 1 aromatic rings. The molecule has 2 nitrogen and oxygen atoms in total. The van der Waals surface area contributed by atoms with Gasteiger partial charge in [0.25, 0.3) is 0 Å². The van der Waals surface area contributed by atoms with Gasteiger partial charge in [-0.25, -0.2) is 0 Å². The minimum absolute atomic E-state index is 0.481. The highest BCUT2D eigenvalue weighted by Gasteiger charge is 2.16. The van der Waals surface area contributed by atoms with Crippen LogP contribution in [0.15, 0.2) is 24.3 Å². The van der Waals surface area contributed by atoms with E-state index in [2.05, 4.69) is 63.9 Å². The van der Waals surface area contributed by atoms with E-state index in [-0.39, 0.29) is 0 Å². The van der Waals surface area contributed by atoms with Crippen LogP contribution in [-0.2, 0) is 6.42 Å². The van der Waals surface area contributed by atoms with Gasteiger partial charge in [0.15, 0.2) is 0 Å². The van der Waals surface area contributed by atoms with E-state index in [0.717, 1.165) is 19.5 Å². The van der Waals surface area contributed by atoms with Gasteiger partial charge in [-0.05, 0) is 36.4 Å². The number of nitrogens with two attached hydrogens (primary N) is 1. The van der Waals surface area contributed by atoms with Crippen molar-refractivity contribution >= 4 is 0 Å². The molecule has 0 bridgehead atoms. The number of rotatable bonds is 7. The first-order valence-electron chi connectivity index (χ1n) is 7.44. The lowest BCUT2D eigenvalue weighted by Gasteiger charge is -2.30. The molecule has 0 fully saturated rings. The van der Waals surface area contributed by atoms with E-state index >= 15 is 0 Å². The van der Waals surface area contributed by atoms with Gasteiger partial charge in [-0.15, -0.1) is 0 Å². The summed E-state index contributed by atoms with van der Waals surface area (Å²) >= 11 is 0. The summed E-state index contributed by atoms with van der Waals surface area (Å²) in [5, 5.41) is 0. The van der Waals surface area contributed by atoms with Crippen molar-refractivity contribution < 1.29 is 0 Å². The van der Waals surface area contributed by atoms with Gasteiger partial charge in [-0.1, -0.05) is 52.0 Å². The predicted octanol–water partition coefficient (Wildman–Crippen LogP) is 3.27. The third-order valence-electron chi connectivity index (χ3n) is 3.98. The average Bonchev–Trinajstić information content (AvgIpc) is 2.37. The second-order valence-electron chi connectivity index (χ2n) is 6.17. The lowest BCUT2D eigenvalue weighted by molar-refractivity contribution is 0.200. The zero-order valence-electron chi connectivity index (χ0n) is 13.2. The summed E-state index contributed by atoms with van der Waals surface area (Å²) in [6, 6.07) is 9.51. The lowest BCUT2D eigenvalue weighted by Crippen LogP contribution is -2.42. The Morgan fingerprint density at radius 1 is 1.05 bits per heavy atom. The molecule has 1 atom stereocenters. The van der Waals surface area contributed by atoms with Gasteiger partial charge in [0, 0.05) is 19.1 Å². The Balaban J connectivity index is 2.52. The SMILES string of the molecule is CC(C)c1ccc(CCN(C)C(CN)C(C)C)cc1. The van der Waals surface area contributed by atoms with Gasteiger partial charge >= 0.3 is 0 Å². The summed E-state index contributed by atoms with van der Waals surface area (Å²) in [5.41, 5.74) is 8.68. The number of benzene rings is 1. The van der Waals surface area contributed by atoms with Crippen molar-refractivity contribution in [2.24, 2.45) is 11.7 Å². The molecule has 19 heavy (non-hydrogen) atoms. The zero-order valence-corrected chi connectivity index (χ0v) is 13.2. The Morgan fingerprint density at radius 2 is 1.63 bits per heavy atom. The molecule has 0 saturated carbocycles. The molecule has 1 unspecified atom stereocenters. The van der Waals surface area contributed by atoms with Crippen molar-refractivity contribution in [2.75, 3.05) is 20.1 Å². The van der Waals surface area contributed by atoms with Crippen LogP contribution in [0.4, 0.5) is 0 Å². The van der Waals surface area contributed by atoms with E-state index in [9.17, 15) is 0 Å². The minimum Gasteiger partial charge on any atom is -0.329 e.